The summed E-state index contributed by atoms with van der Waals surface area (Å²) in [5.74, 6) is 0. The molecule has 0 unspecified atom stereocenters. The molecule has 0 saturated carbocycles. The Hall–Kier alpha value is -1.80. The molecule has 5 heteroatoms. The summed E-state index contributed by atoms with van der Waals surface area (Å²) < 4.78 is 3.91. The number of hydrogen-bond donors (Lipinski definition) is 0. The summed E-state index contributed by atoms with van der Waals surface area (Å²) in [5.41, 5.74) is 12.3. The largest absolute Gasteiger partial charge is 0.147 e. The summed E-state index contributed by atoms with van der Waals surface area (Å²) >= 11 is -0.0911. The summed E-state index contributed by atoms with van der Waals surface area (Å²) in [7, 11) is 0. The van der Waals surface area contributed by atoms with Crippen LogP contribution in [0.5, 0.6) is 0 Å². The third-order valence-electron chi connectivity index (χ3n) is 5.85. The van der Waals surface area contributed by atoms with E-state index >= 15 is 0 Å². The first-order valence-corrected chi connectivity index (χ1v) is 12.8. The van der Waals surface area contributed by atoms with Gasteiger partial charge in [-0.1, -0.05) is 0 Å². The summed E-state index contributed by atoms with van der Waals surface area (Å²) in [5, 5.41) is 0. The van der Waals surface area contributed by atoms with Gasteiger partial charge in [0.15, 0.2) is 0 Å². The zero-order chi connectivity index (χ0) is 22.1. The zero-order valence-electron chi connectivity index (χ0n) is 20.3. The second-order valence-electron chi connectivity index (χ2n) is 8.67. The maximum atomic E-state index is 2.60. The van der Waals surface area contributed by atoms with E-state index in [9.17, 15) is 0 Å². The van der Waals surface area contributed by atoms with Gasteiger partial charge in [-0.15, -0.1) is 24.8 Å². The Balaban J connectivity index is 0.00000193. The number of halogens is 2. The molecule has 0 aromatic heterocycles. The fraction of sp³-hybridized carbons (Fsp3) is 0.286. The van der Waals surface area contributed by atoms with Crippen LogP contribution in [0.4, 0.5) is 11.4 Å². The average Bonchev–Trinajstić information content (AvgIpc) is 3.08. The zero-order valence-corrected chi connectivity index (χ0v) is 23.6. The van der Waals surface area contributed by atoms with Crippen LogP contribution in [0.3, 0.4) is 0 Å². The van der Waals surface area contributed by atoms with Gasteiger partial charge in [0.05, 0.1) is 0 Å². The Labute approximate surface area is 218 Å². The molecule has 0 atom stereocenters. The summed E-state index contributed by atoms with van der Waals surface area (Å²) in [6.45, 7) is 15.5. The Bertz CT molecular complexity index is 1080. The first kappa shape index (κ1) is 27.4. The minimum atomic E-state index is -0.0911. The van der Waals surface area contributed by atoms with Crippen LogP contribution >= 0.6 is 24.8 Å². The first-order chi connectivity index (χ1) is 14.8. The molecular weight excluding hydrogens is 536 g/mol. The van der Waals surface area contributed by atoms with E-state index < -0.39 is 0 Å². The molecule has 0 radical (unpaired) electrons. The van der Waals surface area contributed by atoms with Crippen LogP contribution in [0.2, 0.25) is 0 Å². The van der Waals surface area contributed by atoms with Gasteiger partial charge in [0.25, 0.3) is 0 Å². The Kier molecular flexibility index (Phi) is 9.62. The van der Waals surface area contributed by atoms with Crippen molar-refractivity contribution in [3.05, 3.63) is 93.5 Å². The van der Waals surface area contributed by atoms with Gasteiger partial charge in [-0.05, 0) is 0 Å². The molecule has 1 aliphatic rings. The van der Waals surface area contributed by atoms with E-state index in [1.807, 2.05) is 0 Å². The van der Waals surface area contributed by atoms with Crippen LogP contribution in [0.25, 0.3) is 0 Å². The number of anilines is 2. The SMILES string of the molecule is Cc1cc(C)c(N2CCN(c3c(C)cc(C)cc3C)[C]2=[Ru]=[CH]c2ccccc2)c(C)c1.Cl.Cl. The van der Waals surface area contributed by atoms with Crippen molar-refractivity contribution in [1.82, 2.24) is 0 Å². The van der Waals surface area contributed by atoms with Gasteiger partial charge in [-0.3, -0.25) is 0 Å². The number of nitrogens with zero attached hydrogens (tertiary/aromatic N) is 2. The van der Waals surface area contributed by atoms with Crippen LogP contribution in [-0.4, -0.2) is 22.1 Å². The van der Waals surface area contributed by atoms with Crippen LogP contribution in [0.15, 0.2) is 54.6 Å². The van der Waals surface area contributed by atoms with E-state index in [2.05, 4.69) is 111 Å². The smallest absolute Gasteiger partial charge is 0.147 e. The van der Waals surface area contributed by atoms with E-state index in [-0.39, 0.29) is 41.0 Å². The minimum Gasteiger partial charge on any atom is -0.147 e. The molecule has 1 saturated heterocycles. The van der Waals surface area contributed by atoms with E-state index in [1.54, 1.807) is 0 Å². The predicted octanol–water partition coefficient (Wildman–Crippen LogP) is 6.73. The Morgan fingerprint density at radius 1 is 0.636 bits per heavy atom. The molecule has 1 heterocycles. The van der Waals surface area contributed by atoms with Crippen molar-refractivity contribution in [2.75, 3.05) is 22.9 Å². The number of hydrogen-bond acceptors (Lipinski definition) is 2. The van der Waals surface area contributed by atoms with Crippen LogP contribution in [0, 0.1) is 41.5 Å². The molecule has 0 aliphatic carbocycles. The number of benzene rings is 3. The van der Waals surface area contributed by atoms with Crippen molar-refractivity contribution in [2.45, 2.75) is 41.5 Å². The van der Waals surface area contributed by atoms with Crippen LogP contribution in [-0.2, 0) is 16.2 Å². The molecule has 2 nitrogen and oxygen atoms in total. The van der Waals surface area contributed by atoms with Crippen molar-refractivity contribution in [3.63, 3.8) is 0 Å². The van der Waals surface area contributed by atoms with Crippen molar-refractivity contribution in [2.24, 2.45) is 0 Å². The molecule has 4 rings (SSSR count). The molecule has 0 amide bonds. The third kappa shape index (κ3) is 5.83. The van der Waals surface area contributed by atoms with Gasteiger partial charge in [0.2, 0.25) is 0 Å². The maximum Gasteiger partial charge on any atom is -0.147 e. The average molecular weight is 571 g/mol. The number of aryl methyl sites for hydroxylation is 6. The summed E-state index contributed by atoms with van der Waals surface area (Å²) in [6, 6.07) is 20.1. The Morgan fingerprint density at radius 3 is 1.42 bits per heavy atom. The third-order valence-corrected chi connectivity index (χ3v) is 8.07. The van der Waals surface area contributed by atoms with Crippen molar-refractivity contribution < 1.29 is 16.2 Å². The Morgan fingerprint density at radius 2 is 1.03 bits per heavy atom. The second-order valence-corrected chi connectivity index (χ2v) is 10.5. The van der Waals surface area contributed by atoms with Gasteiger partial charge < -0.3 is 0 Å². The van der Waals surface area contributed by atoms with Crippen molar-refractivity contribution >= 4 is 45.2 Å². The molecular formula is C28H34Cl2N2Ru. The molecule has 0 spiro atoms. The maximum absolute atomic E-state index is 2.60. The van der Waals surface area contributed by atoms with Gasteiger partial charge in [-0.2, -0.15) is 0 Å². The fourth-order valence-corrected chi connectivity index (χ4v) is 7.03. The molecule has 3 aromatic carbocycles. The van der Waals surface area contributed by atoms with Crippen molar-refractivity contribution in [3.8, 4) is 0 Å². The normalized spacial score (nSPS) is 13.0. The van der Waals surface area contributed by atoms with Gasteiger partial charge in [-0.25, -0.2) is 0 Å². The van der Waals surface area contributed by atoms with Gasteiger partial charge in [0.1, 0.15) is 0 Å². The fourth-order valence-electron chi connectivity index (χ4n) is 4.86. The number of rotatable bonds is 3. The first-order valence-electron chi connectivity index (χ1n) is 10.9. The molecule has 0 N–H and O–H groups in total. The van der Waals surface area contributed by atoms with E-state index in [0.717, 1.165) is 13.1 Å². The molecule has 33 heavy (non-hydrogen) atoms. The molecule has 3 aromatic rings. The topological polar surface area (TPSA) is 6.48 Å². The molecule has 178 valence electrons. The van der Waals surface area contributed by atoms with E-state index in [0.29, 0.717) is 0 Å². The predicted molar refractivity (Wildman–Crippen MR) is 147 cm³/mol. The quantitative estimate of drug-likeness (QED) is 0.323. The standard InChI is InChI=1S/C21H26N2.C7H6.2ClH.Ru/c1-14-9-16(3)20(17(4)10-14)22-7-8-23(13-22)21-18(5)11-15(2)12-19(21)6;1-7-5-3-2-4-6-7;;;/h9-12H,7-8H2,1-6H3;1-6H;2*1H;. The van der Waals surface area contributed by atoms with Crippen molar-refractivity contribution in [1.29, 1.82) is 0 Å². The monoisotopic (exact) mass is 570 g/mol. The minimum absolute atomic E-state index is 0. The second kappa shape index (κ2) is 11.6. The van der Waals surface area contributed by atoms with E-state index in [1.165, 1.54) is 54.7 Å². The van der Waals surface area contributed by atoms with Gasteiger partial charge in [0, 0.05) is 0 Å². The van der Waals surface area contributed by atoms with Crippen LogP contribution in [0.1, 0.15) is 38.9 Å². The molecule has 1 fully saturated rings. The summed E-state index contributed by atoms with van der Waals surface area (Å²) in [6.07, 6.45) is 0. The van der Waals surface area contributed by atoms with Crippen LogP contribution < -0.4 is 9.80 Å². The van der Waals surface area contributed by atoms with E-state index in [4.69, 9.17) is 0 Å². The molecule has 0 bridgehead atoms. The summed E-state index contributed by atoms with van der Waals surface area (Å²) in [4.78, 5) is 5.20. The molecule has 1 aliphatic heterocycles. The van der Waals surface area contributed by atoms with Gasteiger partial charge >= 0.3 is 195 Å².